The van der Waals surface area contributed by atoms with Crippen LogP contribution in [-0.2, 0) is 17.6 Å². The van der Waals surface area contributed by atoms with Crippen LogP contribution in [0.1, 0.15) is 46.2 Å². The van der Waals surface area contributed by atoms with Crippen molar-refractivity contribution in [3.8, 4) is 11.4 Å². The molecule has 2 aromatic carbocycles. The molecule has 3 aromatic rings. The first-order chi connectivity index (χ1) is 17.1. The van der Waals surface area contributed by atoms with Crippen LogP contribution < -0.4 is 10.1 Å². The molecule has 0 bridgehead atoms. The average molecular weight is 479 g/mol. The number of aromatic nitrogens is 2. The van der Waals surface area contributed by atoms with Gasteiger partial charge in [-0.3, -0.25) is 9.69 Å². The zero-order valence-corrected chi connectivity index (χ0v) is 20.0. The summed E-state index contributed by atoms with van der Waals surface area (Å²) >= 11 is 0. The highest BCUT2D eigenvalue weighted by Crippen LogP contribution is 2.28. The predicted molar refractivity (Wildman–Crippen MR) is 131 cm³/mol. The highest BCUT2D eigenvalue weighted by Gasteiger charge is 2.28. The quantitative estimate of drug-likeness (QED) is 0.561. The van der Waals surface area contributed by atoms with E-state index in [9.17, 15) is 9.18 Å². The smallest absolute Gasteiger partial charge is 0.272 e. The van der Waals surface area contributed by atoms with Crippen LogP contribution in [0, 0.1) is 5.82 Å². The lowest BCUT2D eigenvalue weighted by Gasteiger charge is -2.35. The minimum Gasteiger partial charge on any atom is -0.497 e. The number of rotatable bonds is 7. The maximum absolute atomic E-state index is 13.5. The number of fused-ring (bicyclic) bond motifs is 1. The summed E-state index contributed by atoms with van der Waals surface area (Å²) in [4.78, 5) is 15.8. The number of nitrogens with zero attached hydrogens (tertiary/aromatic N) is 3. The van der Waals surface area contributed by atoms with Gasteiger partial charge in [-0.25, -0.2) is 9.07 Å². The van der Waals surface area contributed by atoms with E-state index in [4.69, 9.17) is 14.6 Å². The monoisotopic (exact) mass is 478 g/mol. The molecule has 2 heterocycles. The van der Waals surface area contributed by atoms with E-state index < -0.39 is 0 Å². The van der Waals surface area contributed by atoms with Gasteiger partial charge in [0.1, 0.15) is 11.6 Å². The molecular weight excluding hydrogens is 447 g/mol. The molecule has 1 aliphatic carbocycles. The van der Waals surface area contributed by atoms with Crippen molar-refractivity contribution in [1.29, 1.82) is 0 Å². The van der Waals surface area contributed by atoms with Crippen molar-refractivity contribution in [2.24, 2.45) is 0 Å². The molecule has 0 spiro atoms. The van der Waals surface area contributed by atoms with Gasteiger partial charge in [-0.2, -0.15) is 5.10 Å². The number of halogens is 1. The molecule has 2 aliphatic rings. The number of carbonyl (C=O) groups excluding carboxylic acids is 1. The lowest BCUT2D eigenvalue weighted by molar-refractivity contribution is 0.0162. The van der Waals surface area contributed by atoms with Crippen molar-refractivity contribution in [1.82, 2.24) is 20.0 Å². The van der Waals surface area contributed by atoms with Crippen LogP contribution in [0.25, 0.3) is 5.69 Å². The Labute approximate surface area is 204 Å². The number of hydrogen-bond donors (Lipinski definition) is 1. The minimum absolute atomic E-state index is 0.0174. The summed E-state index contributed by atoms with van der Waals surface area (Å²) in [7, 11) is 1.65. The Bertz CT molecular complexity index is 1150. The van der Waals surface area contributed by atoms with Crippen LogP contribution in [0.4, 0.5) is 4.39 Å². The Morgan fingerprint density at radius 2 is 1.80 bits per heavy atom. The van der Waals surface area contributed by atoms with Crippen LogP contribution in [0.5, 0.6) is 5.75 Å². The summed E-state index contributed by atoms with van der Waals surface area (Å²) in [6, 6.07) is 14.3. The van der Waals surface area contributed by atoms with E-state index in [1.54, 1.807) is 19.2 Å². The fraction of sp³-hybridized carbons (Fsp3) is 0.407. The third-order valence-electron chi connectivity index (χ3n) is 6.91. The fourth-order valence-electron chi connectivity index (χ4n) is 5.02. The molecular formula is C27H31FN4O3. The largest absolute Gasteiger partial charge is 0.497 e. The SMILES string of the molecule is COc1ccc([C@H](CNC(=O)c2nn(-c3ccc(F)cc3)c3c2CCCC3)N2CCOCC2)cc1. The first-order valence-electron chi connectivity index (χ1n) is 12.2. The van der Waals surface area contributed by atoms with E-state index in [1.165, 1.54) is 12.1 Å². The Morgan fingerprint density at radius 3 is 2.51 bits per heavy atom. The molecule has 0 radical (unpaired) electrons. The van der Waals surface area contributed by atoms with Crippen LogP contribution >= 0.6 is 0 Å². The number of carbonyl (C=O) groups is 1. The summed E-state index contributed by atoms with van der Waals surface area (Å²) in [5.74, 6) is 0.340. The standard InChI is InChI=1S/C27H31FN4O3/c1-34-22-12-6-19(7-13-22)25(31-14-16-35-17-15-31)18-29-27(33)26-23-4-2-3-5-24(23)32(30-26)21-10-8-20(28)9-11-21/h6-13,25H,2-5,14-18H2,1H3,(H,29,33)/t25-/m0/s1. The molecule has 1 aromatic heterocycles. The van der Waals surface area contributed by atoms with E-state index in [2.05, 4.69) is 22.3 Å². The Morgan fingerprint density at radius 1 is 1.09 bits per heavy atom. The number of hydrogen-bond acceptors (Lipinski definition) is 5. The molecule has 1 saturated heterocycles. The second kappa shape index (κ2) is 10.6. The van der Waals surface area contributed by atoms with Gasteiger partial charge in [0, 0.05) is 30.9 Å². The molecule has 35 heavy (non-hydrogen) atoms. The molecule has 0 unspecified atom stereocenters. The number of nitrogens with one attached hydrogen (secondary N) is 1. The molecule has 1 fully saturated rings. The third kappa shape index (κ3) is 5.09. The maximum Gasteiger partial charge on any atom is 0.272 e. The number of amides is 1. The second-order valence-corrected chi connectivity index (χ2v) is 9.02. The van der Waals surface area contributed by atoms with E-state index in [0.717, 1.165) is 67.0 Å². The van der Waals surface area contributed by atoms with E-state index in [-0.39, 0.29) is 17.8 Å². The van der Waals surface area contributed by atoms with Crippen molar-refractivity contribution in [3.05, 3.63) is 76.9 Å². The zero-order valence-electron chi connectivity index (χ0n) is 20.0. The molecule has 5 rings (SSSR count). The normalized spacial score (nSPS) is 17.0. The average Bonchev–Trinajstić information content (AvgIpc) is 3.30. The molecule has 1 atom stereocenters. The van der Waals surface area contributed by atoms with Gasteiger partial charge in [0.05, 0.1) is 32.1 Å². The van der Waals surface area contributed by atoms with Gasteiger partial charge < -0.3 is 14.8 Å². The molecule has 184 valence electrons. The van der Waals surface area contributed by atoms with Crippen molar-refractivity contribution < 1.29 is 18.7 Å². The topological polar surface area (TPSA) is 68.6 Å². The summed E-state index contributed by atoms with van der Waals surface area (Å²) in [5.41, 5.74) is 4.41. The maximum atomic E-state index is 13.5. The predicted octanol–water partition coefficient (Wildman–Crippen LogP) is 3.70. The number of benzene rings is 2. The minimum atomic E-state index is -0.291. The molecule has 0 saturated carbocycles. The van der Waals surface area contributed by atoms with Crippen LogP contribution in [0.2, 0.25) is 0 Å². The zero-order chi connectivity index (χ0) is 24.2. The lowest BCUT2D eigenvalue weighted by atomic mass is 9.95. The van der Waals surface area contributed by atoms with Gasteiger partial charge in [-0.1, -0.05) is 12.1 Å². The van der Waals surface area contributed by atoms with Gasteiger partial charge in [0.15, 0.2) is 5.69 Å². The van der Waals surface area contributed by atoms with Crippen molar-refractivity contribution in [2.45, 2.75) is 31.7 Å². The molecule has 1 aliphatic heterocycles. The Balaban J connectivity index is 1.39. The van der Waals surface area contributed by atoms with Gasteiger partial charge in [-0.05, 0) is 67.6 Å². The van der Waals surface area contributed by atoms with Crippen LogP contribution in [0.15, 0.2) is 48.5 Å². The van der Waals surface area contributed by atoms with Crippen molar-refractivity contribution in [2.75, 3.05) is 40.0 Å². The molecule has 7 nitrogen and oxygen atoms in total. The van der Waals surface area contributed by atoms with Crippen molar-refractivity contribution in [3.63, 3.8) is 0 Å². The van der Waals surface area contributed by atoms with Crippen LogP contribution in [0.3, 0.4) is 0 Å². The lowest BCUT2D eigenvalue weighted by Crippen LogP contribution is -2.44. The Hall–Kier alpha value is -3.23. The fourth-order valence-corrected chi connectivity index (χ4v) is 5.02. The van der Waals surface area contributed by atoms with E-state index in [1.807, 2.05) is 16.8 Å². The highest BCUT2D eigenvalue weighted by atomic mass is 19.1. The van der Waals surface area contributed by atoms with Gasteiger partial charge in [0.2, 0.25) is 0 Å². The third-order valence-corrected chi connectivity index (χ3v) is 6.91. The summed E-state index contributed by atoms with van der Waals surface area (Å²) in [6.07, 6.45) is 3.77. The van der Waals surface area contributed by atoms with E-state index in [0.29, 0.717) is 25.5 Å². The Kier molecular flexibility index (Phi) is 7.11. The summed E-state index contributed by atoms with van der Waals surface area (Å²) < 4.78 is 26.1. The highest BCUT2D eigenvalue weighted by molar-refractivity contribution is 5.94. The number of ether oxygens (including phenoxy) is 2. The number of morpholine rings is 1. The molecule has 1 N–H and O–H groups in total. The van der Waals surface area contributed by atoms with Crippen molar-refractivity contribution >= 4 is 5.91 Å². The van der Waals surface area contributed by atoms with Gasteiger partial charge in [-0.15, -0.1) is 0 Å². The first-order valence-corrected chi connectivity index (χ1v) is 12.2. The van der Waals surface area contributed by atoms with Crippen LogP contribution in [-0.4, -0.2) is 60.5 Å². The second-order valence-electron chi connectivity index (χ2n) is 9.02. The first kappa shape index (κ1) is 23.5. The molecule has 1 amide bonds. The molecule has 8 heteroatoms. The van der Waals surface area contributed by atoms with Gasteiger partial charge in [0.25, 0.3) is 5.91 Å². The summed E-state index contributed by atoms with van der Waals surface area (Å²) in [5, 5.41) is 7.87. The summed E-state index contributed by atoms with van der Waals surface area (Å²) in [6.45, 7) is 3.43. The van der Waals surface area contributed by atoms with E-state index >= 15 is 0 Å². The van der Waals surface area contributed by atoms with Gasteiger partial charge >= 0.3 is 0 Å². The number of methoxy groups -OCH3 is 1.